The Morgan fingerprint density at radius 2 is 0.655 bits per heavy atom. The molecule has 0 N–H and O–H groups in total. The molecule has 0 heteroatoms. The molecule has 0 bridgehead atoms. The number of unbranched alkanes of at least 4 members (excludes halogenated alkanes) is 12. The molecule has 0 spiro atoms. The summed E-state index contributed by atoms with van der Waals surface area (Å²) in [5.41, 5.74) is 0. The van der Waals surface area contributed by atoms with Crippen LogP contribution in [0.4, 0.5) is 0 Å². The van der Waals surface area contributed by atoms with Crippen molar-refractivity contribution in [2.75, 3.05) is 0 Å². The molecule has 0 aliphatic carbocycles. The number of rotatable bonds is 23. The van der Waals surface area contributed by atoms with Crippen LogP contribution in [0.1, 0.15) is 169 Å². The van der Waals surface area contributed by atoms with Crippen molar-refractivity contribution in [3.05, 3.63) is 0 Å². The van der Waals surface area contributed by atoms with Gasteiger partial charge in [-0.2, -0.15) is 0 Å². The molecule has 0 radical (unpaired) electrons. The summed E-state index contributed by atoms with van der Waals surface area (Å²) in [7, 11) is 0. The Bertz CT molecular complexity index is 294. The van der Waals surface area contributed by atoms with Crippen LogP contribution < -0.4 is 0 Å². The lowest BCUT2D eigenvalue weighted by Crippen LogP contribution is -2.00. The minimum Gasteiger partial charge on any atom is -0.0654 e. The van der Waals surface area contributed by atoms with Crippen molar-refractivity contribution in [2.24, 2.45) is 17.8 Å². The van der Waals surface area contributed by atoms with E-state index in [1.807, 2.05) is 0 Å². The lowest BCUT2D eigenvalue weighted by atomic mass is 9.91. The minimum absolute atomic E-state index is 0.933. The van der Waals surface area contributed by atoms with E-state index in [1.54, 1.807) is 0 Å². The molecule has 0 aromatic rings. The molecule has 3 unspecified atom stereocenters. The second-order valence-electron chi connectivity index (χ2n) is 10.6. The molecule has 0 fully saturated rings. The van der Waals surface area contributed by atoms with Gasteiger partial charge in [0.05, 0.1) is 0 Å². The van der Waals surface area contributed by atoms with E-state index in [9.17, 15) is 0 Å². The van der Waals surface area contributed by atoms with Crippen molar-refractivity contribution in [2.45, 2.75) is 169 Å². The first-order chi connectivity index (χ1) is 14.1. The molecule has 0 aliphatic rings. The third kappa shape index (κ3) is 22.5. The van der Waals surface area contributed by atoms with Gasteiger partial charge in [0.25, 0.3) is 0 Å². The molecule has 0 rings (SSSR count). The summed E-state index contributed by atoms with van der Waals surface area (Å²) in [5, 5.41) is 0. The lowest BCUT2D eigenvalue weighted by Gasteiger charge is -2.15. The SMILES string of the molecule is CCCCCCCCCCCCCCCC(C)CCCC(C)CCCC(C)CC. The summed E-state index contributed by atoms with van der Waals surface area (Å²) in [4.78, 5) is 0. The van der Waals surface area contributed by atoms with Crippen molar-refractivity contribution in [1.82, 2.24) is 0 Å². The van der Waals surface area contributed by atoms with Gasteiger partial charge in [-0.25, -0.2) is 0 Å². The van der Waals surface area contributed by atoms with Gasteiger partial charge < -0.3 is 0 Å². The molecule has 29 heavy (non-hydrogen) atoms. The maximum absolute atomic E-state index is 2.49. The van der Waals surface area contributed by atoms with Gasteiger partial charge >= 0.3 is 0 Å². The highest BCUT2D eigenvalue weighted by molar-refractivity contribution is 4.60. The van der Waals surface area contributed by atoms with Gasteiger partial charge in [0.2, 0.25) is 0 Å². The van der Waals surface area contributed by atoms with Crippen LogP contribution in [0.5, 0.6) is 0 Å². The van der Waals surface area contributed by atoms with Gasteiger partial charge in [0.1, 0.15) is 0 Å². The Balaban J connectivity index is 3.28. The Morgan fingerprint density at radius 1 is 0.345 bits per heavy atom. The normalized spacial score (nSPS) is 14.8. The van der Waals surface area contributed by atoms with E-state index in [2.05, 4.69) is 34.6 Å². The molecule has 0 nitrogen and oxygen atoms in total. The third-order valence-electron chi connectivity index (χ3n) is 7.29. The van der Waals surface area contributed by atoms with E-state index in [0.717, 1.165) is 17.8 Å². The van der Waals surface area contributed by atoms with E-state index in [0.29, 0.717) is 0 Å². The summed E-state index contributed by atoms with van der Waals surface area (Å²) < 4.78 is 0. The standard InChI is InChI=1S/C29H60/c1-6-8-9-10-11-12-13-14-15-16-17-18-19-22-28(4)25-21-26-29(5)24-20-23-27(3)7-2/h27-29H,6-26H2,1-5H3. The van der Waals surface area contributed by atoms with E-state index in [-0.39, 0.29) is 0 Å². The molecule has 0 aromatic heterocycles. The van der Waals surface area contributed by atoms with Crippen LogP contribution >= 0.6 is 0 Å². The zero-order chi connectivity index (χ0) is 21.6. The number of hydrogen-bond acceptors (Lipinski definition) is 0. The summed E-state index contributed by atoms with van der Waals surface area (Å²) >= 11 is 0. The Morgan fingerprint density at radius 3 is 1.03 bits per heavy atom. The van der Waals surface area contributed by atoms with Crippen LogP contribution in [-0.2, 0) is 0 Å². The predicted molar refractivity (Wildman–Crippen MR) is 136 cm³/mol. The minimum atomic E-state index is 0.933. The molecule has 0 saturated carbocycles. The van der Waals surface area contributed by atoms with E-state index < -0.39 is 0 Å². The average molecular weight is 409 g/mol. The average Bonchev–Trinajstić information content (AvgIpc) is 2.71. The lowest BCUT2D eigenvalue weighted by molar-refractivity contribution is 0.380. The highest BCUT2D eigenvalue weighted by Crippen LogP contribution is 2.22. The highest BCUT2D eigenvalue weighted by atomic mass is 14.1. The second-order valence-corrected chi connectivity index (χ2v) is 10.6. The molecule has 0 amide bonds. The molecule has 0 heterocycles. The Labute approximate surface area is 187 Å². The van der Waals surface area contributed by atoms with Crippen molar-refractivity contribution >= 4 is 0 Å². The summed E-state index contributed by atoms with van der Waals surface area (Å²) in [6.07, 6.45) is 30.7. The van der Waals surface area contributed by atoms with Crippen molar-refractivity contribution in [3.8, 4) is 0 Å². The quantitative estimate of drug-likeness (QED) is 0.147. The Kier molecular flexibility index (Phi) is 22.7. The summed E-state index contributed by atoms with van der Waals surface area (Å²) in [6.45, 7) is 12.0. The van der Waals surface area contributed by atoms with E-state index in [4.69, 9.17) is 0 Å². The molecular weight excluding hydrogens is 348 g/mol. The molecule has 176 valence electrons. The Hall–Kier alpha value is 0. The maximum Gasteiger partial charge on any atom is -0.0443 e. The maximum atomic E-state index is 2.49. The predicted octanol–water partition coefficient (Wildman–Crippen LogP) is 11.1. The van der Waals surface area contributed by atoms with Gasteiger partial charge in [-0.15, -0.1) is 0 Å². The van der Waals surface area contributed by atoms with Gasteiger partial charge in [-0.1, -0.05) is 169 Å². The first-order valence-corrected chi connectivity index (χ1v) is 14.1. The van der Waals surface area contributed by atoms with Gasteiger partial charge in [0.15, 0.2) is 0 Å². The van der Waals surface area contributed by atoms with Crippen molar-refractivity contribution in [3.63, 3.8) is 0 Å². The molecule has 0 aliphatic heterocycles. The smallest absolute Gasteiger partial charge is 0.0443 e. The fraction of sp³-hybridized carbons (Fsp3) is 1.00. The zero-order valence-corrected chi connectivity index (χ0v) is 21.6. The van der Waals surface area contributed by atoms with Crippen LogP contribution in [0.2, 0.25) is 0 Å². The summed E-state index contributed by atoms with van der Waals surface area (Å²) in [5.74, 6) is 2.83. The van der Waals surface area contributed by atoms with Crippen LogP contribution in [-0.4, -0.2) is 0 Å². The fourth-order valence-electron chi connectivity index (χ4n) is 4.63. The largest absolute Gasteiger partial charge is 0.0654 e. The van der Waals surface area contributed by atoms with Crippen LogP contribution in [0.15, 0.2) is 0 Å². The summed E-state index contributed by atoms with van der Waals surface area (Å²) in [6, 6.07) is 0. The monoisotopic (exact) mass is 408 g/mol. The van der Waals surface area contributed by atoms with Crippen molar-refractivity contribution in [1.29, 1.82) is 0 Å². The third-order valence-corrected chi connectivity index (χ3v) is 7.29. The first kappa shape index (κ1) is 29.0. The highest BCUT2D eigenvalue weighted by Gasteiger charge is 2.07. The molecular formula is C29H60. The van der Waals surface area contributed by atoms with E-state index >= 15 is 0 Å². The van der Waals surface area contributed by atoms with Crippen molar-refractivity contribution < 1.29 is 0 Å². The first-order valence-electron chi connectivity index (χ1n) is 14.1. The topological polar surface area (TPSA) is 0 Å². The van der Waals surface area contributed by atoms with Gasteiger partial charge in [-0.3, -0.25) is 0 Å². The van der Waals surface area contributed by atoms with Crippen LogP contribution in [0, 0.1) is 17.8 Å². The molecule has 3 atom stereocenters. The van der Waals surface area contributed by atoms with Crippen LogP contribution in [0.25, 0.3) is 0 Å². The van der Waals surface area contributed by atoms with Gasteiger partial charge in [-0.05, 0) is 17.8 Å². The zero-order valence-electron chi connectivity index (χ0n) is 21.6. The molecule has 0 saturated heterocycles. The van der Waals surface area contributed by atoms with Crippen LogP contribution in [0.3, 0.4) is 0 Å². The molecule has 0 aromatic carbocycles. The van der Waals surface area contributed by atoms with E-state index in [1.165, 1.54) is 135 Å². The fourth-order valence-corrected chi connectivity index (χ4v) is 4.63. The van der Waals surface area contributed by atoms with Gasteiger partial charge in [0, 0.05) is 0 Å². The number of hydrogen-bond donors (Lipinski definition) is 0. The second kappa shape index (κ2) is 22.7.